The molecule has 3 aliphatic rings. The first-order valence-corrected chi connectivity index (χ1v) is 17.3. The number of urea groups is 1. The minimum Gasteiger partial charge on any atom is -0.351 e. The van der Waals surface area contributed by atoms with Crippen LogP contribution in [0.15, 0.2) is 47.4 Å². The number of thiazole rings is 1. The van der Waals surface area contributed by atoms with Gasteiger partial charge in [-0.3, -0.25) is 10.1 Å². The van der Waals surface area contributed by atoms with Crippen LogP contribution in [0.4, 0.5) is 36.3 Å². The summed E-state index contributed by atoms with van der Waals surface area (Å²) in [5, 5.41) is 7.34. The van der Waals surface area contributed by atoms with Gasteiger partial charge >= 0.3 is 18.4 Å². The smallest absolute Gasteiger partial charge is 0.351 e. The SMILES string of the molecule is CC1C=CC=C(C2CCN(CCC(C(=O)NCc3cc(C(F)(F)F)cc(C(F)(F)F)c3)c3csc(NC(=O)N4CCCCC4)n3)CC2)C1. The molecule has 2 atom stereocenters. The number of nitrogens with zero attached hydrogens (tertiary/aromatic N) is 3. The number of carbonyl (C=O) groups excluding carboxylic acids is 2. The summed E-state index contributed by atoms with van der Waals surface area (Å²) in [6, 6.07) is 1.02. The molecule has 1 aromatic heterocycles. The van der Waals surface area contributed by atoms with Crippen molar-refractivity contribution in [3.63, 3.8) is 0 Å². The molecule has 0 radical (unpaired) electrons. The van der Waals surface area contributed by atoms with Crippen molar-refractivity contribution in [2.75, 3.05) is 38.0 Å². The van der Waals surface area contributed by atoms with Crippen molar-refractivity contribution < 1.29 is 35.9 Å². The van der Waals surface area contributed by atoms with Gasteiger partial charge in [0.15, 0.2) is 5.13 Å². The summed E-state index contributed by atoms with van der Waals surface area (Å²) in [5.41, 5.74) is -1.35. The lowest BCUT2D eigenvalue weighted by atomic mass is 9.82. The number of piperidine rings is 2. The zero-order chi connectivity index (χ0) is 34.5. The predicted molar refractivity (Wildman–Crippen MR) is 172 cm³/mol. The molecular formula is C34H41F6N5O2S. The summed E-state index contributed by atoms with van der Waals surface area (Å²) in [4.78, 5) is 34.9. The number of likely N-dealkylation sites (tertiary alicyclic amines) is 2. The van der Waals surface area contributed by atoms with Crippen LogP contribution in [0.25, 0.3) is 0 Å². The molecule has 48 heavy (non-hydrogen) atoms. The van der Waals surface area contributed by atoms with Gasteiger partial charge in [-0.2, -0.15) is 26.3 Å². The van der Waals surface area contributed by atoms with Crippen LogP contribution in [0.5, 0.6) is 0 Å². The van der Waals surface area contributed by atoms with Crippen LogP contribution < -0.4 is 10.6 Å². The first-order valence-electron chi connectivity index (χ1n) is 16.4. The normalized spacial score (nSPS) is 20.4. The molecular weight excluding hydrogens is 656 g/mol. The Kier molecular flexibility index (Phi) is 11.5. The predicted octanol–water partition coefficient (Wildman–Crippen LogP) is 8.22. The number of amides is 3. The van der Waals surface area contributed by atoms with Crippen LogP contribution >= 0.6 is 11.3 Å². The number of hydrogen-bond acceptors (Lipinski definition) is 5. The van der Waals surface area contributed by atoms with Crippen LogP contribution in [-0.2, 0) is 23.7 Å². The second-order valence-electron chi connectivity index (χ2n) is 13.0. The molecule has 262 valence electrons. The van der Waals surface area contributed by atoms with Crippen molar-refractivity contribution in [2.24, 2.45) is 11.8 Å². The maximum absolute atomic E-state index is 13.6. The molecule has 0 saturated carbocycles. The molecule has 2 N–H and O–H groups in total. The van der Waals surface area contributed by atoms with Crippen LogP contribution in [-0.4, -0.2) is 59.4 Å². The van der Waals surface area contributed by atoms with E-state index in [0.717, 1.165) is 63.0 Å². The Morgan fingerprint density at radius 1 is 0.979 bits per heavy atom. The Hall–Kier alpha value is -3.39. The van der Waals surface area contributed by atoms with Gasteiger partial charge in [0, 0.05) is 25.0 Å². The quantitative estimate of drug-likeness (QED) is 0.259. The third-order valence-corrected chi connectivity index (χ3v) is 10.1. The molecule has 0 bridgehead atoms. The Balaban J connectivity index is 1.27. The average molecular weight is 698 g/mol. The van der Waals surface area contributed by atoms with E-state index in [4.69, 9.17) is 0 Å². The van der Waals surface area contributed by atoms with E-state index >= 15 is 0 Å². The number of allylic oxidation sites excluding steroid dienone is 4. The highest BCUT2D eigenvalue weighted by molar-refractivity contribution is 7.14. The van der Waals surface area contributed by atoms with E-state index in [1.165, 1.54) is 5.57 Å². The van der Waals surface area contributed by atoms with E-state index < -0.39 is 41.8 Å². The number of carbonyl (C=O) groups is 2. The first-order chi connectivity index (χ1) is 22.8. The van der Waals surface area contributed by atoms with Crippen molar-refractivity contribution in [3.05, 3.63) is 69.8 Å². The van der Waals surface area contributed by atoms with Gasteiger partial charge in [-0.15, -0.1) is 11.3 Å². The van der Waals surface area contributed by atoms with E-state index in [-0.39, 0.29) is 17.7 Å². The third kappa shape index (κ3) is 9.61. The highest BCUT2D eigenvalue weighted by Crippen LogP contribution is 2.37. The zero-order valence-electron chi connectivity index (χ0n) is 26.8. The molecule has 0 spiro atoms. The van der Waals surface area contributed by atoms with Gasteiger partial charge < -0.3 is 15.1 Å². The Morgan fingerprint density at radius 2 is 1.65 bits per heavy atom. The standard InChI is InChI=1S/C34H41F6N5O2S/c1-22-6-5-7-25(16-22)24-8-13-44(14-9-24)15-10-28(29-21-48-31(42-29)43-32(47)45-11-3-2-4-12-45)30(46)41-20-23-17-26(33(35,36)37)19-27(18-23)34(38,39)40/h5-7,17-19,21-22,24,28H,2-4,8-16,20H2,1H3,(H,41,46)(H,42,43,47). The van der Waals surface area contributed by atoms with Crippen LogP contribution in [0, 0.1) is 11.8 Å². The van der Waals surface area contributed by atoms with Crippen molar-refractivity contribution in [2.45, 2.75) is 76.7 Å². The minimum atomic E-state index is -4.99. The number of nitrogens with one attached hydrogen (secondary N) is 2. The maximum atomic E-state index is 13.6. The van der Waals surface area contributed by atoms with Gasteiger partial charge in [0.05, 0.1) is 22.7 Å². The Morgan fingerprint density at radius 3 is 2.27 bits per heavy atom. The Bertz CT molecular complexity index is 1460. The molecule has 5 rings (SSSR count). The maximum Gasteiger partial charge on any atom is 0.416 e. The van der Waals surface area contributed by atoms with Crippen LogP contribution in [0.3, 0.4) is 0 Å². The lowest BCUT2D eigenvalue weighted by Gasteiger charge is -2.34. The van der Waals surface area contributed by atoms with E-state index in [0.29, 0.717) is 60.8 Å². The largest absolute Gasteiger partial charge is 0.416 e. The number of rotatable bonds is 9. The Labute approximate surface area is 280 Å². The number of aromatic nitrogens is 1. The molecule has 2 fully saturated rings. The van der Waals surface area contributed by atoms with Gasteiger partial charge in [-0.05, 0) is 100 Å². The van der Waals surface area contributed by atoms with Gasteiger partial charge in [0.25, 0.3) is 0 Å². The summed E-state index contributed by atoms with van der Waals surface area (Å²) >= 11 is 1.16. The number of benzene rings is 1. The van der Waals surface area contributed by atoms with E-state index in [2.05, 4.69) is 45.7 Å². The van der Waals surface area contributed by atoms with Crippen LogP contribution in [0.1, 0.15) is 80.2 Å². The summed E-state index contributed by atoms with van der Waals surface area (Å²) in [5.74, 6) is -0.375. The number of alkyl halides is 6. The molecule has 14 heteroatoms. The lowest BCUT2D eigenvalue weighted by molar-refractivity contribution is -0.143. The number of halogens is 6. The fourth-order valence-electron chi connectivity index (χ4n) is 6.64. The number of anilines is 1. The zero-order valence-corrected chi connectivity index (χ0v) is 27.6. The van der Waals surface area contributed by atoms with E-state index in [1.54, 1.807) is 10.3 Å². The van der Waals surface area contributed by atoms with Crippen molar-refractivity contribution in [3.8, 4) is 0 Å². The molecule has 2 unspecified atom stereocenters. The highest BCUT2D eigenvalue weighted by atomic mass is 32.1. The van der Waals surface area contributed by atoms with Gasteiger partial charge in [-0.25, -0.2) is 9.78 Å². The summed E-state index contributed by atoms with van der Waals surface area (Å²) in [6.07, 6.45) is 2.82. The van der Waals surface area contributed by atoms with Crippen molar-refractivity contribution in [1.29, 1.82) is 0 Å². The fourth-order valence-corrected chi connectivity index (χ4v) is 7.39. The minimum absolute atomic E-state index is 0.0639. The molecule has 2 saturated heterocycles. The van der Waals surface area contributed by atoms with Gasteiger partial charge in [-0.1, -0.05) is 30.7 Å². The molecule has 3 amide bonds. The molecule has 1 aliphatic carbocycles. The summed E-state index contributed by atoms with van der Waals surface area (Å²) in [6.45, 7) is 5.19. The molecule has 3 heterocycles. The van der Waals surface area contributed by atoms with E-state index in [1.807, 2.05) is 0 Å². The lowest BCUT2D eigenvalue weighted by Crippen LogP contribution is -2.38. The molecule has 1 aromatic carbocycles. The third-order valence-electron chi connectivity index (χ3n) is 9.32. The summed E-state index contributed by atoms with van der Waals surface area (Å²) < 4.78 is 80.5. The van der Waals surface area contributed by atoms with E-state index in [9.17, 15) is 35.9 Å². The summed E-state index contributed by atoms with van der Waals surface area (Å²) in [7, 11) is 0. The van der Waals surface area contributed by atoms with Crippen molar-refractivity contribution in [1.82, 2.24) is 20.1 Å². The van der Waals surface area contributed by atoms with Crippen molar-refractivity contribution >= 4 is 28.4 Å². The fraction of sp³-hybridized carbons (Fsp3) is 0.559. The van der Waals surface area contributed by atoms with Crippen LogP contribution in [0.2, 0.25) is 0 Å². The molecule has 2 aromatic rings. The average Bonchev–Trinajstić information content (AvgIpc) is 3.51. The number of hydrogen-bond donors (Lipinski definition) is 2. The molecule has 7 nitrogen and oxygen atoms in total. The van der Waals surface area contributed by atoms with Gasteiger partial charge in [0.1, 0.15) is 0 Å². The monoisotopic (exact) mass is 697 g/mol. The highest BCUT2D eigenvalue weighted by Gasteiger charge is 2.37. The first kappa shape index (κ1) is 35.9. The molecule has 2 aliphatic heterocycles. The topological polar surface area (TPSA) is 77.6 Å². The second-order valence-corrected chi connectivity index (χ2v) is 13.8. The second kappa shape index (κ2) is 15.4. The van der Waals surface area contributed by atoms with Gasteiger partial charge in [0.2, 0.25) is 5.91 Å².